The van der Waals surface area contributed by atoms with Gasteiger partial charge in [-0.1, -0.05) is 0 Å². The molecule has 0 aromatic carbocycles. The van der Waals surface area contributed by atoms with Crippen molar-refractivity contribution in [1.82, 2.24) is 5.32 Å². The molecule has 1 saturated heterocycles. The van der Waals surface area contributed by atoms with E-state index < -0.39 is 37.5 Å². The predicted octanol–water partition coefficient (Wildman–Crippen LogP) is -0.814. The number of carboxylic acids is 1. The first-order valence-electron chi connectivity index (χ1n) is 4.85. The fraction of sp³-hybridized carbons (Fsp3) is 0.750. The van der Waals surface area contributed by atoms with E-state index in [0.717, 1.165) is 0 Å². The van der Waals surface area contributed by atoms with E-state index in [0.29, 0.717) is 19.4 Å². The SMILES string of the molecule is O=C(O)C1NCCC[C@@H]1C(=O)CP(=O)(O)O. The lowest BCUT2D eigenvalue weighted by Gasteiger charge is -2.28. The number of ketones is 1. The molecule has 16 heavy (non-hydrogen) atoms. The van der Waals surface area contributed by atoms with Crippen molar-refractivity contribution < 1.29 is 29.0 Å². The van der Waals surface area contributed by atoms with Gasteiger partial charge in [0.25, 0.3) is 0 Å². The van der Waals surface area contributed by atoms with Crippen LogP contribution in [0.1, 0.15) is 12.8 Å². The van der Waals surface area contributed by atoms with E-state index in [4.69, 9.17) is 14.9 Å². The van der Waals surface area contributed by atoms with Crippen LogP contribution < -0.4 is 5.32 Å². The summed E-state index contributed by atoms with van der Waals surface area (Å²) in [5, 5.41) is 11.5. The van der Waals surface area contributed by atoms with Gasteiger partial charge in [0.05, 0.1) is 0 Å². The van der Waals surface area contributed by atoms with Crippen molar-refractivity contribution in [3.63, 3.8) is 0 Å². The molecule has 0 aliphatic carbocycles. The first kappa shape index (κ1) is 13.3. The number of carbonyl (C=O) groups is 2. The molecule has 1 heterocycles. The molecule has 1 rings (SSSR count). The van der Waals surface area contributed by atoms with Gasteiger partial charge in [0.1, 0.15) is 18.0 Å². The van der Waals surface area contributed by atoms with E-state index >= 15 is 0 Å². The Bertz CT molecular complexity index is 337. The average molecular weight is 251 g/mol. The van der Waals surface area contributed by atoms with Crippen LogP contribution >= 0.6 is 7.60 Å². The molecule has 8 heteroatoms. The minimum absolute atomic E-state index is 0.350. The fourth-order valence-electron chi connectivity index (χ4n) is 1.82. The highest BCUT2D eigenvalue weighted by atomic mass is 31.2. The summed E-state index contributed by atoms with van der Waals surface area (Å²) < 4.78 is 10.7. The van der Waals surface area contributed by atoms with E-state index in [9.17, 15) is 14.2 Å². The topological polar surface area (TPSA) is 124 Å². The van der Waals surface area contributed by atoms with Gasteiger partial charge in [-0.25, -0.2) is 0 Å². The van der Waals surface area contributed by atoms with Crippen molar-refractivity contribution in [2.75, 3.05) is 12.7 Å². The molecule has 1 aliphatic rings. The number of nitrogens with one attached hydrogen (secondary N) is 1. The molecule has 0 spiro atoms. The quantitative estimate of drug-likeness (QED) is 0.481. The number of hydrogen-bond acceptors (Lipinski definition) is 4. The predicted molar refractivity (Wildman–Crippen MR) is 54.1 cm³/mol. The maximum atomic E-state index is 11.5. The van der Waals surface area contributed by atoms with Gasteiger partial charge in [0, 0.05) is 5.92 Å². The second kappa shape index (κ2) is 5.05. The Morgan fingerprint density at radius 2 is 2.00 bits per heavy atom. The van der Waals surface area contributed by atoms with Crippen LogP contribution in [0.3, 0.4) is 0 Å². The highest BCUT2D eigenvalue weighted by Gasteiger charge is 2.37. The average Bonchev–Trinajstić information content (AvgIpc) is 2.15. The Morgan fingerprint density at radius 1 is 1.38 bits per heavy atom. The fourth-order valence-corrected chi connectivity index (χ4v) is 2.46. The molecule has 0 amide bonds. The molecule has 1 unspecified atom stereocenters. The zero-order valence-electron chi connectivity index (χ0n) is 8.50. The van der Waals surface area contributed by atoms with Gasteiger partial charge in [0.15, 0.2) is 0 Å². The van der Waals surface area contributed by atoms with Crippen LogP contribution in [0, 0.1) is 5.92 Å². The number of Topliss-reactive ketones (excluding diaryl/α,β-unsaturated/α-hetero) is 1. The Morgan fingerprint density at radius 3 is 2.50 bits per heavy atom. The normalized spacial score (nSPS) is 26.4. The standard InChI is InChI=1S/C8H14NO6P/c10-6(4-16(13,14)15)5-2-1-3-9-7(5)8(11)12/h5,7,9H,1-4H2,(H,11,12)(H2,13,14,15)/t5-,7?/m1/s1. The molecule has 0 aromatic rings. The minimum atomic E-state index is -4.42. The first-order chi connectivity index (χ1) is 7.31. The third-order valence-electron chi connectivity index (χ3n) is 2.50. The third kappa shape index (κ3) is 3.68. The van der Waals surface area contributed by atoms with Crippen LogP contribution in [0.15, 0.2) is 0 Å². The zero-order valence-corrected chi connectivity index (χ0v) is 9.39. The highest BCUT2D eigenvalue weighted by molar-refractivity contribution is 7.52. The second-order valence-corrected chi connectivity index (χ2v) is 5.45. The summed E-state index contributed by atoms with van der Waals surface area (Å²) in [5.74, 6) is -2.70. The van der Waals surface area contributed by atoms with Crippen LogP contribution in [0.5, 0.6) is 0 Å². The van der Waals surface area contributed by atoms with Gasteiger partial charge >= 0.3 is 13.6 Å². The summed E-state index contributed by atoms with van der Waals surface area (Å²) in [4.78, 5) is 39.7. The molecule has 0 radical (unpaired) electrons. The number of piperidine rings is 1. The van der Waals surface area contributed by atoms with Crippen molar-refractivity contribution in [1.29, 1.82) is 0 Å². The molecular weight excluding hydrogens is 237 g/mol. The summed E-state index contributed by atoms with van der Waals surface area (Å²) in [5.41, 5.74) is 0. The van der Waals surface area contributed by atoms with Crippen molar-refractivity contribution in [3.05, 3.63) is 0 Å². The molecule has 1 aliphatic heterocycles. The lowest BCUT2D eigenvalue weighted by atomic mass is 9.88. The molecule has 0 saturated carbocycles. The van der Waals surface area contributed by atoms with E-state index in [2.05, 4.69) is 5.32 Å². The molecule has 92 valence electrons. The largest absolute Gasteiger partial charge is 0.480 e. The van der Waals surface area contributed by atoms with Crippen molar-refractivity contribution in [3.8, 4) is 0 Å². The number of carbonyl (C=O) groups excluding carboxylic acids is 1. The van der Waals surface area contributed by atoms with Crippen molar-refractivity contribution in [2.45, 2.75) is 18.9 Å². The van der Waals surface area contributed by atoms with Gasteiger partial charge in [-0.05, 0) is 19.4 Å². The van der Waals surface area contributed by atoms with Crippen molar-refractivity contribution in [2.24, 2.45) is 5.92 Å². The van der Waals surface area contributed by atoms with E-state index in [1.54, 1.807) is 0 Å². The molecule has 4 N–H and O–H groups in total. The number of aliphatic carboxylic acids is 1. The summed E-state index contributed by atoms with van der Waals surface area (Å²) in [7, 11) is -4.42. The maximum Gasteiger partial charge on any atom is 0.332 e. The second-order valence-electron chi connectivity index (χ2n) is 3.81. The lowest BCUT2D eigenvalue weighted by molar-refractivity contribution is -0.144. The van der Waals surface area contributed by atoms with Crippen LogP contribution in [-0.4, -0.2) is 45.4 Å². The first-order valence-corrected chi connectivity index (χ1v) is 6.64. The summed E-state index contributed by atoms with van der Waals surface area (Å²) in [6.07, 6.45) is 0.0905. The number of hydrogen-bond donors (Lipinski definition) is 4. The Balaban J connectivity index is 2.72. The van der Waals surface area contributed by atoms with Crippen molar-refractivity contribution >= 4 is 19.3 Å². The Hall–Kier alpha value is -0.750. The molecule has 2 atom stereocenters. The highest BCUT2D eigenvalue weighted by Crippen LogP contribution is 2.36. The molecule has 1 fully saturated rings. The van der Waals surface area contributed by atoms with E-state index in [1.165, 1.54) is 0 Å². The summed E-state index contributed by atoms with van der Waals surface area (Å²) in [6, 6.07) is -1.03. The van der Waals surface area contributed by atoms with Crippen LogP contribution in [0.2, 0.25) is 0 Å². The number of carboxylic acid groups (broad SMARTS) is 1. The molecule has 7 nitrogen and oxygen atoms in total. The Labute approximate surface area is 92.0 Å². The molecule has 0 aromatic heterocycles. The van der Waals surface area contributed by atoms with Gasteiger partial charge in [-0.2, -0.15) is 0 Å². The minimum Gasteiger partial charge on any atom is -0.480 e. The lowest BCUT2D eigenvalue weighted by Crippen LogP contribution is -2.50. The van der Waals surface area contributed by atoms with E-state index in [1.807, 2.05) is 0 Å². The molecule has 0 bridgehead atoms. The number of rotatable bonds is 4. The van der Waals surface area contributed by atoms with Gasteiger partial charge in [0.2, 0.25) is 0 Å². The summed E-state index contributed by atoms with van der Waals surface area (Å²) >= 11 is 0. The Kier molecular flexibility index (Phi) is 4.21. The van der Waals surface area contributed by atoms with E-state index in [-0.39, 0.29) is 0 Å². The third-order valence-corrected chi connectivity index (χ3v) is 3.22. The maximum absolute atomic E-state index is 11.5. The van der Waals surface area contributed by atoms with Gasteiger partial charge < -0.3 is 20.2 Å². The summed E-state index contributed by atoms with van der Waals surface area (Å²) in [6.45, 7) is 0.497. The van der Waals surface area contributed by atoms with Crippen LogP contribution in [0.4, 0.5) is 0 Å². The van der Waals surface area contributed by atoms with Crippen LogP contribution in [-0.2, 0) is 14.2 Å². The van der Waals surface area contributed by atoms with Crippen LogP contribution in [0.25, 0.3) is 0 Å². The van der Waals surface area contributed by atoms with Gasteiger partial charge in [-0.15, -0.1) is 0 Å². The zero-order chi connectivity index (χ0) is 12.3. The molecular formula is C8H14NO6P. The van der Waals surface area contributed by atoms with Gasteiger partial charge in [-0.3, -0.25) is 14.2 Å². The monoisotopic (exact) mass is 251 g/mol. The smallest absolute Gasteiger partial charge is 0.332 e.